The highest BCUT2D eigenvalue weighted by Gasteiger charge is 2.25. The van der Waals surface area contributed by atoms with Crippen molar-refractivity contribution < 1.29 is 9.53 Å². The summed E-state index contributed by atoms with van der Waals surface area (Å²) in [6.07, 6.45) is 4.94. The topological polar surface area (TPSA) is 68.2 Å². The zero-order valence-corrected chi connectivity index (χ0v) is 13.5. The van der Waals surface area contributed by atoms with Crippen molar-refractivity contribution in [1.29, 1.82) is 0 Å². The van der Waals surface area contributed by atoms with Gasteiger partial charge in [0.05, 0.1) is 23.2 Å². The fraction of sp³-hybridized carbons (Fsp3) is 0.412. The Morgan fingerprint density at radius 3 is 2.83 bits per heavy atom. The van der Waals surface area contributed by atoms with E-state index in [0.29, 0.717) is 0 Å². The standard InChI is InChI=1S/C17H22N4O2/c1-12-9-10-21(20-12)16-6-4-3-5-15(16)19-17(22)18-13-7-8-14(11-13)23-2/h3-6,9-10,13-14H,7-8,11H2,1-2H3,(H2,18,19,22)/t13-,14-/m0/s1. The SMILES string of the molecule is CO[C@H]1CC[C@H](NC(=O)Nc2ccccc2-n2ccc(C)n2)C1. The van der Waals surface area contributed by atoms with E-state index in [4.69, 9.17) is 4.74 Å². The van der Waals surface area contributed by atoms with Gasteiger partial charge in [-0.05, 0) is 44.4 Å². The third-order valence-corrected chi connectivity index (χ3v) is 4.17. The number of anilines is 1. The molecule has 0 spiro atoms. The summed E-state index contributed by atoms with van der Waals surface area (Å²) in [5, 5.41) is 10.3. The average molecular weight is 314 g/mol. The van der Waals surface area contributed by atoms with Crippen molar-refractivity contribution in [2.75, 3.05) is 12.4 Å². The summed E-state index contributed by atoms with van der Waals surface area (Å²) < 4.78 is 7.10. The summed E-state index contributed by atoms with van der Waals surface area (Å²) in [6, 6.07) is 9.53. The lowest BCUT2D eigenvalue weighted by Crippen LogP contribution is -2.37. The van der Waals surface area contributed by atoms with Crippen molar-refractivity contribution in [3.05, 3.63) is 42.2 Å². The van der Waals surface area contributed by atoms with Crippen LogP contribution in [-0.2, 0) is 4.74 Å². The van der Waals surface area contributed by atoms with Gasteiger partial charge in [-0.15, -0.1) is 0 Å². The minimum Gasteiger partial charge on any atom is -0.381 e. The Labute approximate surface area is 135 Å². The number of nitrogens with zero attached hydrogens (tertiary/aromatic N) is 2. The Balaban J connectivity index is 1.67. The number of hydrogen-bond donors (Lipinski definition) is 2. The predicted octanol–water partition coefficient (Wildman–Crippen LogP) is 2.87. The number of rotatable bonds is 4. The van der Waals surface area contributed by atoms with Crippen molar-refractivity contribution in [1.82, 2.24) is 15.1 Å². The van der Waals surface area contributed by atoms with E-state index in [1.54, 1.807) is 11.8 Å². The second-order valence-corrected chi connectivity index (χ2v) is 5.88. The van der Waals surface area contributed by atoms with Crippen molar-refractivity contribution in [3.63, 3.8) is 0 Å². The van der Waals surface area contributed by atoms with E-state index < -0.39 is 0 Å². The first-order chi connectivity index (χ1) is 11.2. The molecule has 1 aromatic carbocycles. The number of ether oxygens (including phenoxy) is 1. The van der Waals surface area contributed by atoms with Crippen LogP contribution in [0.15, 0.2) is 36.5 Å². The Morgan fingerprint density at radius 1 is 1.30 bits per heavy atom. The molecule has 122 valence electrons. The molecule has 0 bridgehead atoms. The zero-order valence-electron chi connectivity index (χ0n) is 13.5. The summed E-state index contributed by atoms with van der Waals surface area (Å²) in [7, 11) is 1.72. The van der Waals surface area contributed by atoms with E-state index in [0.717, 1.165) is 36.3 Å². The Hall–Kier alpha value is -2.34. The number of benzene rings is 1. The molecule has 0 aliphatic heterocycles. The van der Waals surface area contributed by atoms with Gasteiger partial charge in [-0.1, -0.05) is 12.1 Å². The smallest absolute Gasteiger partial charge is 0.319 e. The maximum atomic E-state index is 12.3. The van der Waals surface area contributed by atoms with Crippen LogP contribution in [0.25, 0.3) is 5.69 Å². The van der Waals surface area contributed by atoms with Gasteiger partial charge in [-0.25, -0.2) is 9.48 Å². The first-order valence-electron chi connectivity index (χ1n) is 7.87. The van der Waals surface area contributed by atoms with Gasteiger partial charge in [-0.3, -0.25) is 0 Å². The van der Waals surface area contributed by atoms with E-state index in [9.17, 15) is 4.79 Å². The lowest BCUT2D eigenvalue weighted by molar-refractivity contribution is 0.107. The number of para-hydroxylation sites is 2. The zero-order chi connectivity index (χ0) is 16.2. The molecule has 0 radical (unpaired) electrons. The molecule has 23 heavy (non-hydrogen) atoms. The van der Waals surface area contributed by atoms with Crippen LogP contribution in [0.2, 0.25) is 0 Å². The fourth-order valence-corrected chi connectivity index (χ4v) is 2.96. The van der Waals surface area contributed by atoms with Gasteiger partial charge in [-0.2, -0.15) is 5.10 Å². The summed E-state index contributed by atoms with van der Waals surface area (Å²) in [5.74, 6) is 0. The lowest BCUT2D eigenvalue weighted by atomic mass is 10.2. The van der Waals surface area contributed by atoms with Crippen LogP contribution in [0.5, 0.6) is 0 Å². The molecule has 1 aromatic heterocycles. The second kappa shape index (κ2) is 6.83. The van der Waals surface area contributed by atoms with Crippen LogP contribution in [-0.4, -0.2) is 35.1 Å². The highest BCUT2D eigenvalue weighted by atomic mass is 16.5. The largest absolute Gasteiger partial charge is 0.381 e. The van der Waals surface area contributed by atoms with Gasteiger partial charge >= 0.3 is 6.03 Å². The van der Waals surface area contributed by atoms with Crippen molar-refractivity contribution in [3.8, 4) is 5.69 Å². The molecule has 2 aromatic rings. The Morgan fingerprint density at radius 2 is 2.13 bits per heavy atom. The third kappa shape index (κ3) is 3.71. The van der Waals surface area contributed by atoms with Gasteiger partial charge in [0.25, 0.3) is 0 Å². The van der Waals surface area contributed by atoms with Crippen molar-refractivity contribution in [2.24, 2.45) is 0 Å². The lowest BCUT2D eigenvalue weighted by Gasteiger charge is -2.15. The van der Waals surface area contributed by atoms with Crippen LogP contribution in [0.1, 0.15) is 25.0 Å². The summed E-state index contributed by atoms with van der Waals surface area (Å²) in [4.78, 5) is 12.3. The van der Waals surface area contributed by atoms with Crippen LogP contribution < -0.4 is 10.6 Å². The van der Waals surface area contributed by atoms with Gasteiger partial charge in [0, 0.05) is 19.3 Å². The van der Waals surface area contributed by atoms with Crippen LogP contribution >= 0.6 is 0 Å². The molecule has 6 nitrogen and oxygen atoms in total. The number of urea groups is 1. The highest BCUT2D eigenvalue weighted by molar-refractivity contribution is 5.91. The Bertz CT molecular complexity index is 683. The molecule has 6 heteroatoms. The number of hydrogen-bond acceptors (Lipinski definition) is 3. The van der Waals surface area contributed by atoms with Gasteiger partial charge < -0.3 is 15.4 Å². The van der Waals surface area contributed by atoms with Crippen molar-refractivity contribution in [2.45, 2.75) is 38.3 Å². The third-order valence-electron chi connectivity index (χ3n) is 4.17. The number of carbonyl (C=O) groups is 1. The number of aromatic nitrogens is 2. The molecule has 0 saturated heterocycles. The average Bonchev–Trinajstić information content (AvgIpc) is 3.16. The molecule has 3 rings (SSSR count). The van der Waals surface area contributed by atoms with E-state index in [-0.39, 0.29) is 18.2 Å². The maximum absolute atomic E-state index is 12.3. The molecule has 1 aliphatic carbocycles. The molecule has 0 unspecified atom stereocenters. The summed E-state index contributed by atoms with van der Waals surface area (Å²) in [6.45, 7) is 1.94. The molecule has 2 atom stereocenters. The minimum atomic E-state index is -0.192. The maximum Gasteiger partial charge on any atom is 0.319 e. The van der Waals surface area contributed by atoms with Crippen molar-refractivity contribution >= 4 is 11.7 Å². The number of amides is 2. The minimum absolute atomic E-state index is 0.166. The normalized spacial score (nSPS) is 20.4. The molecule has 1 saturated carbocycles. The van der Waals surface area contributed by atoms with Gasteiger partial charge in [0.2, 0.25) is 0 Å². The number of aryl methyl sites for hydroxylation is 1. The molecule has 2 amide bonds. The van der Waals surface area contributed by atoms with Crippen LogP contribution in [0.4, 0.5) is 10.5 Å². The highest BCUT2D eigenvalue weighted by Crippen LogP contribution is 2.22. The predicted molar refractivity (Wildman–Crippen MR) is 88.9 cm³/mol. The van der Waals surface area contributed by atoms with E-state index in [1.165, 1.54) is 0 Å². The summed E-state index contributed by atoms with van der Waals surface area (Å²) >= 11 is 0. The van der Waals surface area contributed by atoms with Crippen LogP contribution in [0.3, 0.4) is 0 Å². The van der Waals surface area contributed by atoms with Crippen LogP contribution in [0, 0.1) is 6.92 Å². The molecule has 2 N–H and O–H groups in total. The number of nitrogens with one attached hydrogen (secondary N) is 2. The molecular formula is C17H22N4O2. The molecule has 1 heterocycles. The molecular weight excluding hydrogens is 292 g/mol. The monoisotopic (exact) mass is 314 g/mol. The Kier molecular flexibility index (Phi) is 4.62. The first-order valence-corrected chi connectivity index (χ1v) is 7.87. The van der Waals surface area contributed by atoms with Gasteiger partial charge in [0.15, 0.2) is 0 Å². The molecule has 1 fully saturated rings. The van der Waals surface area contributed by atoms with E-state index >= 15 is 0 Å². The number of carbonyl (C=O) groups excluding carboxylic acids is 1. The fourth-order valence-electron chi connectivity index (χ4n) is 2.96. The second-order valence-electron chi connectivity index (χ2n) is 5.88. The number of methoxy groups -OCH3 is 1. The van der Waals surface area contributed by atoms with E-state index in [2.05, 4.69) is 15.7 Å². The quantitative estimate of drug-likeness (QED) is 0.912. The first kappa shape index (κ1) is 15.6. The summed E-state index contributed by atoms with van der Waals surface area (Å²) in [5.41, 5.74) is 2.51. The van der Waals surface area contributed by atoms with E-state index in [1.807, 2.05) is 43.5 Å². The molecule has 1 aliphatic rings. The van der Waals surface area contributed by atoms with Gasteiger partial charge in [0.1, 0.15) is 0 Å².